The number of hydrogen-bond donors (Lipinski definition) is 0. The first-order valence-electron chi connectivity index (χ1n) is 11.2. The number of nitrogens with zero attached hydrogens (tertiary/aromatic N) is 3. The lowest BCUT2D eigenvalue weighted by atomic mass is 10.1. The van der Waals surface area contributed by atoms with Gasteiger partial charge in [-0.3, -0.25) is 9.78 Å². The molecule has 0 saturated carbocycles. The summed E-state index contributed by atoms with van der Waals surface area (Å²) in [6, 6.07) is 15.6. The molecule has 0 atom stereocenters. The van der Waals surface area contributed by atoms with Gasteiger partial charge >= 0.3 is 0 Å². The fourth-order valence-corrected chi connectivity index (χ4v) is 3.89. The van der Waals surface area contributed by atoms with Gasteiger partial charge in [-0.25, -0.2) is 4.39 Å². The number of anilines is 1. The third-order valence-electron chi connectivity index (χ3n) is 5.58. The Labute approximate surface area is 193 Å². The molecule has 33 heavy (non-hydrogen) atoms. The summed E-state index contributed by atoms with van der Waals surface area (Å²) in [4.78, 5) is 21.4. The lowest BCUT2D eigenvalue weighted by Crippen LogP contribution is -2.35. The van der Waals surface area contributed by atoms with E-state index in [1.165, 1.54) is 12.1 Å². The summed E-state index contributed by atoms with van der Waals surface area (Å²) >= 11 is 0. The molecule has 7 heteroatoms. The van der Waals surface area contributed by atoms with Crippen LogP contribution in [0.4, 0.5) is 10.1 Å². The number of pyridine rings is 1. The van der Waals surface area contributed by atoms with Crippen LogP contribution in [0.15, 0.2) is 67.0 Å². The van der Waals surface area contributed by atoms with Crippen LogP contribution < -0.4 is 14.4 Å². The van der Waals surface area contributed by atoms with E-state index in [4.69, 9.17) is 9.47 Å². The monoisotopic (exact) mass is 449 g/mol. The van der Waals surface area contributed by atoms with Crippen molar-refractivity contribution in [2.45, 2.75) is 20.0 Å². The van der Waals surface area contributed by atoms with Crippen molar-refractivity contribution in [1.82, 2.24) is 9.88 Å². The average Bonchev–Trinajstić information content (AvgIpc) is 3.10. The van der Waals surface area contributed by atoms with E-state index in [1.54, 1.807) is 42.7 Å². The summed E-state index contributed by atoms with van der Waals surface area (Å²) in [5, 5.41) is 0. The predicted molar refractivity (Wildman–Crippen MR) is 125 cm³/mol. The number of amides is 1. The Hall–Kier alpha value is -3.61. The van der Waals surface area contributed by atoms with Gasteiger partial charge in [0.2, 0.25) is 0 Å². The lowest BCUT2D eigenvalue weighted by molar-refractivity contribution is 0.0766. The average molecular weight is 450 g/mol. The predicted octanol–water partition coefficient (Wildman–Crippen LogP) is 4.55. The molecule has 0 radical (unpaired) electrons. The van der Waals surface area contributed by atoms with Crippen LogP contribution in [0.25, 0.3) is 0 Å². The van der Waals surface area contributed by atoms with Gasteiger partial charge in [0.25, 0.3) is 5.91 Å². The molecule has 1 aromatic heterocycles. The smallest absolute Gasteiger partial charge is 0.254 e. The maximum Gasteiger partial charge on any atom is 0.254 e. The zero-order valence-electron chi connectivity index (χ0n) is 18.7. The van der Waals surface area contributed by atoms with Crippen molar-refractivity contribution in [3.63, 3.8) is 0 Å². The molecule has 0 spiro atoms. The first kappa shape index (κ1) is 22.6. The molecule has 2 heterocycles. The molecule has 0 bridgehead atoms. The molecule has 1 aliphatic rings. The summed E-state index contributed by atoms with van der Waals surface area (Å²) in [5.41, 5.74) is 2.50. The van der Waals surface area contributed by atoms with E-state index in [0.717, 1.165) is 24.2 Å². The van der Waals surface area contributed by atoms with Crippen LogP contribution in [0.2, 0.25) is 0 Å². The SMILES string of the molecule is CCOc1cc(C(=O)N2CCCN(c3ccc(F)cc3)CC2)ccc1OCc1cccnc1. The van der Waals surface area contributed by atoms with Gasteiger partial charge < -0.3 is 19.3 Å². The third-order valence-corrected chi connectivity index (χ3v) is 5.58. The van der Waals surface area contributed by atoms with Crippen molar-refractivity contribution in [3.8, 4) is 11.5 Å². The van der Waals surface area contributed by atoms with Gasteiger partial charge in [-0.2, -0.15) is 0 Å². The van der Waals surface area contributed by atoms with Crippen LogP contribution >= 0.6 is 0 Å². The highest BCUT2D eigenvalue weighted by Crippen LogP contribution is 2.30. The molecule has 1 fully saturated rings. The van der Waals surface area contributed by atoms with Gasteiger partial charge in [0.1, 0.15) is 12.4 Å². The molecule has 4 rings (SSSR count). The van der Waals surface area contributed by atoms with Gasteiger partial charge in [-0.05, 0) is 61.9 Å². The first-order valence-corrected chi connectivity index (χ1v) is 11.2. The van der Waals surface area contributed by atoms with Crippen LogP contribution in [0, 0.1) is 5.82 Å². The Balaban J connectivity index is 1.43. The molecule has 1 amide bonds. The summed E-state index contributed by atoms with van der Waals surface area (Å²) in [7, 11) is 0. The molecule has 0 unspecified atom stereocenters. The van der Waals surface area contributed by atoms with Crippen LogP contribution in [0.1, 0.15) is 29.3 Å². The van der Waals surface area contributed by atoms with Crippen LogP contribution in [0.3, 0.4) is 0 Å². The maximum atomic E-state index is 13.2. The molecule has 1 aliphatic heterocycles. The molecule has 2 aromatic carbocycles. The van der Waals surface area contributed by atoms with Crippen LogP contribution in [0.5, 0.6) is 11.5 Å². The van der Waals surface area contributed by atoms with E-state index < -0.39 is 0 Å². The number of halogens is 1. The van der Waals surface area contributed by atoms with E-state index in [0.29, 0.717) is 49.9 Å². The van der Waals surface area contributed by atoms with Crippen molar-refractivity contribution < 1.29 is 18.7 Å². The zero-order valence-corrected chi connectivity index (χ0v) is 18.7. The van der Waals surface area contributed by atoms with E-state index in [1.807, 2.05) is 24.0 Å². The highest BCUT2D eigenvalue weighted by Gasteiger charge is 2.22. The van der Waals surface area contributed by atoms with Gasteiger partial charge in [-0.15, -0.1) is 0 Å². The number of carbonyl (C=O) groups excluding carboxylic acids is 1. The summed E-state index contributed by atoms with van der Waals surface area (Å²) in [5.74, 6) is 0.865. The van der Waals surface area contributed by atoms with Crippen molar-refractivity contribution in [2.75, 3.05) is 37.7 Å². The number of benzene rings is 2. The number of rotatable bonds is 7. The Morgan fingerprint density at radius 3 is 2.61 bits per heavy atom. The fourth-order valence-electron chi connectivity index (χ4n) is 3.89. The maximum absolute atomic E-state index is 13.2. The highest BCUT2D eigenvalue weighted by atomic mass is 19.1. The molecule has 172 valence electrons. The topological polar surface area (TPSA) is 54.9 Å². The Bertz CT molecular complexity index is 1060. The Kier molecular flexibility index (Phi) is 7.40. The summed E-state index contributed by atoms with van der Waals surface area (Å²) < 4.78 is 24.9. The quantitative estimate of drug-likeness (QED) is 0.530. The molecule has 1 saturated heterocycles. The minimum Gasteiger partial charge on any atom is -0.490 e. The van der Waals surface area contributed by atoms with Gasteiger partial charge in [0.05, 0.1) is 6.61 Å². The molecule has 0 N–H and O–H groups in total. The van der Waals surface area contributed by atoms with E-state index in [2.05, 4.69) is 9.88 Å². The van der Waals surface area contributed by atoms with Crippen molar-refractivity contribution >= 4 is 11.6 Å². The second-order valence-electron chi connectivity index (χ2n) is 7.85. The standard InChI is InChI=1S/C26H28FN3O3/c1-2-32-25-17-21(6-11-24(25)33-19-20-5-3-12-28-18-20)26(31)30-14-4-13-29(15-16-30)23-9-7-22(27)8-10-23/h3,5-12,17-18H,2,4,13-16,19H2,1H3. The number of aromatic nitrogens is 1. The lowest BCUT2D eigenvalue weighted by Gasteiger charge is -2.24. The van der Waals surface area contributed by atoms with E-state index in [-0.39, 0.29) is 11.7 Å². The van der Waals surface area contributed by atoms with Crippen molar-refractivity contribution in [2.24, 2.45) is 0 Å². The summed E-state index contributed by atoms with van der Waals surface area (Å²) in [6.07, 6.45) is 4.32. The molecule has 6 nitrogen and oxygen atoms in total. The number of carbonyl (C=O) groups is 1. The summed E-state index contributed by atoms with van der Waals surface area (Å²) in [6.45, 7) is 5.52. The fraction of sp³-hybridized carbons (Fsp3) is 0.308. The van der Waals surface area contributed by atoms with Crippen LogP contribution in [-0.4, -0.2) is 48.6 Å². The Morgan fingerprint density at radius 2 is 1.85 bits per heavy atom. The largest absolute Gasteiger partial charge is 0.490 e. The second kappa shape index (κ2) is 10.8. The zero-order chi connectivity index (χ0) is 23.0. The molecular formula is C26H28FN3O3. The first-order chi connectivity index (χ1) is 16.1. The van der Waals surface area contributed by atoms with E-state index in [9.17, 15) is 9.18 Å². The van der Waals surface area contributed by atoms with Gasteiger partial charge in [-0.1, -0.05) is 6.07 Å². The van der Waals surface area contributed by atoms with Gasteiger partial charge in [0.15, 0.2) is 11.5 Å². The highest BCUT2D eigenvalue weighted by molar-refractivity contribution is 5.95. The number of ether oxygens (including phenoxy) is 2. The Morgan fingerprint density at radius 1 is 1.00 bits per heavy atom. The normalized spacial score (nSPS) is 14.0. The van der Waals surface area contributed by atoms with Crippen molar-refractivity contribution in [3.05, 3.63) is 83.9 Å². The molecule has 3 aromatic rings. The van der Waals surface area contributed by atoms with Crippen molar-refractivity contribution in [1.29, 1.82) is 0 Å². The minimum atomic E-state index is -0.247. The van der Waals surface area contributed by atoms with E-state index >= 15 is 0 Å². The molecule has 0 aliphatic carbocycles. The number of hydrogen-bond acceptors (Lipinski definition) is 5. The van der Waals surface area contributed by atoms with Crippen LogP contribution in [-0.2, 0) is 6.61 Å². The minimum absolute atomic E-state index is 0.0317. The molecular weight excluding hydrogens is 421 g/mol. The van der Waals surface area contributed by atoms with Gasteiger partial charge in [0, 0.05) is 55.4 Å². The third kappa shape index (κ3) is 5.80. The second-order valence-corrected chi connectivity index (χ2v) is 7.85.